The van der Waals surface area contributed by atoms with Crippen LogP contribution in [-0.4, -0.2) is 37.7 Å². The molecule has 2 aliphatic heterocycles. The number of rotatable bonds is 7. The molecule has 6 heteroatoms. The molecule has 0 saturated carbocycles. The molecule has 2 atom stereocenters. The van der Waals surface area contributed by atoms with E-state index in [2.05, 4.69) is 0 Å². The average molecular weight is 286 g/mol. The molecule has 0 aromatic rings. The van der Waals surface area contributed by atoms with Crippen LogP contribution in [0, 0.1) is 0 Å². The molecule has 0 radical (unpaired) electrons. The van der Waals surface area contributed by atoms with Gasteiger partial charge < -0.3 is 18.9 Å². The molecule has 2 rings (SSSR count). The second-order valence-electron chi connectivity index (χ2n) is 5.07. The van der Waals surface area contributed by atoms with Crippen molar-refractivity contribution in [3.05, 3.63) is 0 Å². The third kappa shape index (κ3) is 5.46. The molecule has 0 N–H and O–H groups in total. The first-order valence-electron chi connectivity index (χ1n) is 7.36. The largest absolute Gasteiger partial charge is 0.436 e. The normalized spacial score (nSPS) is 25.6. The third-order valence-corrected chi connectivity index (χ3v) is 3.31. The Morgan fingerprint density at radius 1 is 0.850 bits per heavy atom. The van der Waals surface area contributed by atoms with Crippen LogP contribution in [0.5, 0.6) is 0 Å². The fourth-order valence-electron chi connectivity index (χ4n) is 2.23. The van der Waals surface area contributed by atoms with E-state index in [1.165, 1.54) is 0 Å². The van der Waals surface area contributed by atoms with Gasteiger partial charge in [-0.2, -0.15) is 0 Å². The molecule has 0 bridgehead atoms. The summed E-state index contributed by atoms with van der Waals surface area (Å²) in [6.07, 6.45) is 4.55. The summed E-state index contributed by atoms with van der Waals surface area (Å²) in [7, 11) is 0. The standard InChI is InChI=1S/C14H22O6/c15-11(19-13-7-3-9-17-13)5-1-2-6-12(16)20-14-8-4-10-18-14/h13-14H,1-10H2. The fourth-order valence-corrected chi connectivity index (χ4v) is 2.23. The Hall–Kier alpha value is -1.14. The Labute approximate surface area is 118 Å². The Kier molecular flexibility index (Phi) is 6.26. The highest BCUT2D eigenvalue weighted by molar-refractivity contribution is 5.70. The Bertz CT molecular complexity index is 286. The lowest BCUT2D eigenvalue weighted by Gasteiger charge is -2.11. The molecule has 6 nitrogen and oxygen atoms in total. The van der Waals surface area contributed by atoms with Gasteiger partial charge in [-0.15, -0.1) is 0 Å². The average Bonchev–Trinajstić information content (AvgIpc) is 3.08. The molecular formula is C14H22O6. The third-order valence-electron chi connectivity index (χ3n) is 3.31. The Morgan fingerprint density at radius 2 is 1.30 bits per heavy atom. The summed E-state index contributed by atoms with van der Waals surface area (Å²) in [6, 6.07) is 0. The number of hydrogen-bond donors (Lipinski definition) is 0. The lowest BCUT2D eigenvalue weighted by Crippen LogP contribution is -2.17. The second-order valence-corrected chi connectivity index (χ2v) is 5.07. The molecule has 2 fully saturated rings. The second kappa shape index (κ2) is 8.21. The van der Waals surface area contributed by atoms with Crippen molar-refractivity contribution >= 4 is 11.9 Å². The molecule has 2 unspecified atom stereocenters. The van der Waals surface area contributed by atoms with Crippen molar-refractivity contribution in [2.45, 2.75) is 63.9 Å². The Balaban J connectivity index is 1.47. The smallest absolute Gasteiger partial charge is 0.308 e. The van der Waals surface area contributed by atoms with Gasteiger partial charge in [0.1, 0.15) is 0 Å². The molecular weight excluding hydrogens is 264 g/mol. The van der Waals surface area contributed by atoms with E-state index in [0.29, 0.717) is 38.9 Å². The first-order chi connectivity index (χ1) is 9.74. The van der Waals surface area contributed by atoms with E-state index >= 15 is 0 Å². The van der Waals surface area contributed by atoms with Crippen molar-refractivity contribution in [1.82, 2.24) is 0 Å². The topological polar surface area (TPSA) is 71.1 Å². The van der Waals surface area contributed by atoms with Gasteiger partial charge >= 0.3 is 11.9 Å². The molecule has 20 heavy (non-hydrogen) atoms. The summed E-state index contributed by atoms with van der Waals surface area (Å²) >= 11 is 0. The van der Waals surface area contributed by atoms with Crippen molar-refractivity contribution < 1.29 is 28.5 Å². The molecule has 2 heterocycles. The van der Waals surface area contributed by atoms with Crippen molar-refractivity contribution in [3.8, 4) is 0 Å². The summed E-state index contributed by atoms with van der Waals surface area (Å²) in [5.74, 6) is -0.520. The van der Waals surface area contributed by atoms with Gasteiger partial charge in [-0.3, -0.25) is 9.59 Å². The van der Waals surface area contributed by atoms with E-state index in [-0.39, 0.29) is 24.5 Å². The number of ether oxygens (including phenoxy) is 4. The van der Waals surface area contributed by atoms with Crippen LogP contribution in [0.15, 0.2) is 0 Å². The van der Waals surface area contributed by atoms with Gasteiger partial charge in [0.05, 0.1) is 13.2 Å². The minimum Gasteiger partial charge on any atom is -0.436 e. The summed E-state index contributed by atoms with van der Waals surface area (Å²) in [6.45, 7) is 1.32. The summed E-state index contributed by atoms with van der Waals surface area (Å²) in [5.41, 5.74) is 0. The highest BCUT2D eigenvalue weighted by atomic mass is 16.7. The van der Waals surface area contributed by atoms with Gasteiger partial charge in [-0.1, -0.05) is 0 Å². The van der Waals surface area contributed by atoms with E-state index in [1.807, 2.05) is 0 Å². The lowest BCUT2D eigenvalue weighted by atomic mass is 10.2. The SMILES string of the molecule is O=C(CCCCC(=O)OC1CCCO1)OC1CCCO1. The maximum Gasteiger partial charge on any atom is 0.308 e. The summed E-state index contributed by atoms with van der Waals surface area (Å²) < 4.78 is 20.7. The predicted octanol–water partition coefficient (Wildman–Crippen LogP) is 1.91. The molecule has 0 aromatic heterocycles. The van der Waals surface area contributed by atoms with Gasteiger partial charge in [0, 0.05) is 25.7 Å². The van der Waals surface area contributed by atoms with Crippen LogP contribution in [0.4, 0.5) is 0 Å². The maximum atomic E-state index is 11.5. The lowest BCUT2D eigenvalue weighted by molar-refractivity contribution is -0.172. The fraction of sp³-hybridized carbons (Fsp3) is 0.857. The first kappa shape index (κ1) is 15.3. The van der Waals surface area contributed by atoms with E-state index < -0.39 is 0 Å². The minimum absolute atomic E-state index is 0.260. The zero-order valence-corrected chi connectivity index (χ0v) is 11.7. The molecule has 0 spiro atoms. The minimum atomic E-state index is -0.369. The van der Waals surface area contributed by atoms with E-state index in [9.17, 15) is 9.59 Å². The van der Waals surface area contributed by atoms with Gasteiger partial charge in [-0.05, 0) is 25.7 Å². The van der Waals surface area contributed by atoms with Gasteiger partial charge in [0.25, 0.3) is 0 Å². The molecule has 114 valence electrons. The van der Waals surface area contributed by atoms with Crippen LogP contribution >= 0.6 is 0 Å². The maximum absolute atomic E-state index is 11.5. The molecule has 0 amide bonds. The molecule has 2 aliphatic rings. The van der Waals surface area contributed by atoms with Crippen molar-refractivity contribution in [1.29, 1.82) is 0 Å². The van der Waals surface area contributed by atoms with E-state index in [1.54, 1.807) is 0 Å². The van der Waals surface area contributed by atoms with Crippen molar-refractivity contribution in [3.63, 3.8) is 0 Å². The monoisotopic (exact) mass is 286 g/mol. The number of unbranched alkanes of at least 4 members (excludes halogenated alkanes) is 1. The first-order valence-corrected chi connectivity index (χ1v) is 7.36. The van der Waals surface area contributed by atoms with E-state index in [0.717, 1.165) is 25.7 Å². The quantitative estimate of drug-likeness (QED) is 0.526. The van der Waals surface area contributed by atoms with Crippen LogP contribution in [0.2, 0.25) is 0 Å². The predicted molar refractivity (Wildman–Crippen MR) is 68.6 cm³/mol. The van der Waals surface area contributed by atoms with Crippen LogP contribution in [-0.2, 0) is 28.5 Å². The number of esters is 2. The number of carbonyl (C=O) groups excluding carboxylic acids is 2. The van der Waals surface area contributed by atoms with Crippen molar-refractivity contribution in [2.24, 2.45) is 0 Å². The number of hydrogen-bond acceptors (Lipinski definition) is 6. The van der Waals surface area contributed by atoms with Crippen LogP contribution in [0.25, 0.3) is 0 Å². The zero-order valence-electron chi connectivity index (χ0n) is 11.7. The van der Waals surface area contributed by atoms with Crippen molar-refractivity contribution in [2.75, 3.05) is 13.2 Å². The van der Waals surface area contributed by atoms with Crippen LogP contribution < -0.4 is 0 Å². The van der Waals surface area contributed by atoms with Gasteiger partial charge in [0.15, 0.2) is 0 Å². The van der Waals surface area contributed by atoms with Crippen LogP contribution in [0.1, 0.15) is 51.4 Å². The zero-order chi connectivity index (χ0) is 14.2. The number of carbonyl (C=O) groups is 2. The summed E-state index contributed by atoms with van der Waals surface area (Å²) in [4.78, 5) is 23.0. The van der Waals surface area contributed by atoms with E-state index in [4.69, 9.17) is 18.9 Å². The highest BCUT2D eigenvalue weighted by Crippen LogP contribution is 2.16. The summed E-state index contributed by atoms with van der Waals surface area (Å²) in [5, 5.41) is 0. The van der Waals surface area contributed by atoms with Crippen LogP contribution in [0.3, 0.4) is 0 Å². The Morgan fingerprint density at radius 3 is 1.65 bits per heavy atom. The van der Waals surface area contributed by atoms with Gasteiger partial charge in [-0.25, -0.2) is 0 Å². The molecule has 2 saturated heterocycles. The molecule has 0 aliphatic carbocycles. The molecule has 0 aromatic carbocycles. The highest BCUT2D eigenvalue weighted by Gasteiger charge is 2.20. The van der Waals surface area contributed by atoms with Gasteiger partial charge in [0.2, 0.25) is 12.6 Å².